The van der Waals surface area contributed by atoms with Gasteiger partial charge in [0.25, 0.3) is 0 Å². The lowest BCUT2D eigenvalue weighted by atomic mass is 10.4. The van der Waals surface area contributed by atoms with Crippen molar-refractivity contribution in [3.8, 4) is 0 Å². The minimum Gasteiger partial charge on any atom is -0.111 e. The molecule has 0 aliphatic carbocycles. The maximum absolute atomic E-state index is 5.63. The Labute approximate surface area is 94.6 Å². The van der Waals surface area contributed by atoms with Crippen LogP contribution in [0.2, 0.25) is 0 Å². The zero-order valence-corrected chi connectivity index (χ0v) is 9.46. The average molecular weight is 275 g/mol. The molecule has 0 aliphatic heterocycles. The van der Waals surface area contributed by atoms with E-state index in [1.807, 2.05) is 0 Å². The Hall–Kier alpha value is 1.22. The van der Waals surface area contributed by atoms with Gasteiger partial charge in [0.1, 0.15) is 9.87 Å². The third kappa shape index (κ3) is 4.12. The number of hydrogen-bond donors (Lipinski definition) is 0. The molecule has 0 radical (unpaired) electrons. The maximum atomic E-state index is 5.63. The SMILES string of the molecule is Cl/C=C(\Cl)C(Cl)C(Cl)=C(Cl)Cl. The topological polar surface area (TPSA) is 0 Å². The molecule has 0 nitrogen and oxygen atoms in total. The molecule has 0 saturated heterocycles. The van der Waals surface area contributed by atoms with Crippen molar-refractivity contribution < 1.29 is 0 Å². The fourth-order valence-electron chi connectivity index (χ4n) is 0.272. The third-order valence-corrected chi connectivity index (χ3v) is 3.11. The summed E-state index contributed by atoms with van der Waals surface area (Å²) < 4.78 is -0.122. The van der Waals surface area contributed by atoms with Gasteiger partial charge in [0.2, 0.25) is 0 Å². The second-order valence-electron chi connectivity index (χ2n) is 1.46. The predicted octanol–water partition coefficient (Wildman–Crippen LogP) is 4.80. The molecule has 0 aromatic rings. The van der Waals surface area contributed by atoms with Crippen LogP contribution in [0.3, 0.4) is 0 Å². The van der Waals surface area contributed by atoms with E-state index in [2.05, 4.69) is 0 Å². The molecular weight excluding hydrogens is 273 g/mol. The van der Waals surface area contributed by atoms with Crippen molar-refractivity contribution in [1.29, 1.82) is 0 Å². The molecule has 0 rings (SSSR count). The average Bonchev–Trinajstić information content (AvgIpc) is 2.00. The van der Waals surface area contributed by atoms with Crippen LogP contribution < -0.4 is 0 Å². The molecule has 0 spiro atoms. The Bertz CT molecular complexity index is 189. The Morgan fingerprint density at radius 3 is 1.82 bits per heavy atom. The van der Waals surface area contributed by atoms with Crippen LogP contribution in [-0.2, 0) is 0 Å². The second-order valence-corrected chi connectivity index (χ2v) is 3.91. The number of hydrogen-bond acceptors (Lipinski definition) is 0. The van der Waals surface area contributed by atoms with E-state index in [1.165, 1.54) is 0 Å². The molecule has 6 heteroatoms. The highest BCUT2D eigenvalue weighted by Gasteiger charge is 2.15. The van der Waals surface area contributed by atoms with Crippen LogP contribution in [0.25, 0.3) is 0 Å². The molecule has 0 aromatic heterocycles. The molecule has 0 heterocycles. The quantitative estimate of drug-likeness (QED) is 0.635. The molecule has 0 fully saturated rings. The molecule has 1 unspecified atom stereocenters. The van der Waals surface area contributed by atoms with Crippen molar-refractivity contribution >= 4 is 69.6 Å². The van der Waals surface area contributed by atoms with Crippen LogP contribution in [0.4, 0.5) is 0 Å². The number of alkyl halides is 1. The summed E-state index contributed by atoms with van der Waals surface area (Å²) >= 11 is 32.6. The molecule has 1 atom stereocenters. The molecule has 64 valence electrons. The van der Waals surface area contributed by atoms with E-state index < -0.39 is 5.38 Å². The monoisotopic (exact) mass is 272 g/mol. The van der Waals surface area contributed by atoms with Gasteiger partial charge in [-0.15, -0.1) is 11.6 Å². The van der Waals surface area contributed by atoms with E-state index in [-0.39, 0.29) is 14.6 Å². The first-order valence-electron chi connectivity index (χ1n) is 2.31. The second kappa shape index (κ2) is 5.80. The zero-order chi connectivity index (χ0) is 9.02. The van der Waals surface area contributed by atoms with Gasteiger partial charge in [-0.25, -0.2) is 0 Å². The molecule has 11 heavy (non-hydrogen) atoms. The van der Waals surface area contributed by atoms with Crippen LogP contribution in [-0.4, -0.2) is 5.38 Å². The Balaban J connectivity index is 4.51. The fourth-order valence-corrected chi connectivity index (χ4v) is 1.25. The Morgan fingerprint density at radius 2 is 1.55 bits per heavy atom. The Morgan fingerprint density at radius 1 is 1.09 bits per heavy atom. The summed E-state index contributed by atoms with van der Waals surface area (Å²) in [6.45, 7) is 0. The lowest BCUT2D eigenvalue weighted by Crippen LogP contribution is -1.98. The molecule has 0 aromatic carbocycles. The summed E-state index contributed by atoms with van der Waals surface area (Å²) in [4.78, 5) is 0. The molecule has 0 aliphatic rings. The minimum absolute atomic E-state index is 0.0527. The van der Waals surface area contributed by atoms with E-state index in [0.717, 1.165) is 5.54 Å². The van der Waals surface area contributed by atoms with Crippen molar-refractivity contribution in [2.45, 2.75) is 5.38 Å². The summed E-state index contributed by atoms with van der Waals surface area (Å²) in [5, 5.41) is -0.560. The van der Waals surface area contributed by atoms with Crippen molar-refractivity contribution in [1.82, 2.24) is 0 Å². The summed E-state index contributed by atoms with van der Waals surface area (Å²) in [7, 11) is 0. The van der Waals surface area contributed by atoms with Gasteiger partial charge in [-0.1, -0.05) is 58.0 Å². The normalized spacial score (nSPS) is 14.5. The van der Waals surface area contributed by atoms with Crippen LogP contribution in [0.15, 0.2) is 20.1 Å². The van der Waals surface area contributed by atoms with Crippen molar-refractivity contribution in [3.63, 3.8) is 0 Å². The highest BCUT2D eigenvalue weighted by atomic mass is 35.5. The van der Waals surface area contributed by atoms with E-state index in [9.17, 15) is 0 Å². The predicted molar refractivity (Wildman–Crippen MR) is 54.0 cm³/mol. The first-order valence-corrected chi connectivity index (χ1v) is 4.69. The maximum Gasteiger partial charge on any atom is 0.123 e. The number of halogens is 6. The standard InChI is InChI=1S/C5H2Cl6/c6-1-2(7)3(8)4(9)5(10)11/h1,3H/b2-1-. The van der Waals surface area contributed by atoms with Crippen molar-refractivity contribution in [2.75, 3.05) is 0 Å². The molecule has 0 saturated carbocycles. The molecule has 0 bridgehead atoms. The van der Waals surface area contributed by atoms with Gasteiger partial charge in [0.05, 0.1) is 10.1 Å². The van der Waals surface area contributed by atoms with Crippen LogP contribution in [0, 0.1) is 0 Å². The summed E-state index contributed by atoms with van der Waals surface area (Å²) in [6, 6.07) is 0. The first kappa shape index (κ1) is 12.2. The molecular formula is C5H2Cl6. The van der Waals surface area contributed by atoms with Gasteiger partial charge < -0.3 is 0 Å². The summed E-state index contributed by atoms with van der Waals surface area (Å²) in [5.74, 6) is 0. The van der Waals surface area contributed by atoms with Crippen molar-refractivity contribution in [3.05, 3.63) is 20.1 Å². The van der Waals surface area contributed by atoms with Gasteiger partial charge in [-0.2, -0.15) is 0 Å². The number of rotatable bonds is 2. The van der Waals surface area contributed by atoms with Gasteiger partial charge in [0.15, 0.2) is 0 Å². The van der Waals surface area contributed by atoms with E-state index in [4.69, 9.17) is 69.6 Å². The summed E-state index contributed by atoms with van der Waals surface area (Å²) in [6.07, 6.45) is 0. The van der Waals surface area contributed by atoms with Crippen molar-refractivity contribution in [2.24, 2.45) is 0 Å². The smallest absolute Gasteiger partial charge is 0.111 e. The fraction of sp³-hybridized carbons (Fsp3) is 0.200. The third-order valence-electron chi connectivity index (χ3n) is 0.749. The van der Waals surface area contributed by atoms with E-state index >= 15 is 0 Å². The highest BCUT2D eigenvalue weighted by molar-refractivity contribution is 6.61. The number of allylic oxidation sites excluding steroid dienone is 2. The minimum atomic E-state index is -0.777. The van der Waals surface area contributed by atoms with Gasteiger partial charge in [-0.05, 0) is 0 Å². The first-order chi connectivity index (χ1) is 5.00. The zero-order valence-electron chi connectivity index (χ0n) is 4.92. The summed E-state index contributed by atoms with van der Waals surface area (Å²) in [5.41, 5.74) is 1.10. The van der Waals surface area contributed by atoms with Crippen LogP contribution in [0.1, 0.15) is 0 Å². The van der Waals surface area contributed by atoms with Gasteiger partial charge in [-0.3, -0.25) is 0 Å². The van der Waals surface area contributed by atoms with E-state index in [1.54, 1.807) is 0 Å². The highest BCUT2D eigenvalue weighted by Crippen LogP contribution is 2.30. The van der Waals surface area contributed by atoms with Gasteiger partial charge in [0, 0.05) is 5.54 Å². The largest absolute Gasteiger partial charge is 0.123 e. The van der Waals surface area contributed by atoms with Crippen LogP contribution in [0.5, 0.6) is 0 Å². The van der Waals surface area contributed by atoms with Crippen LogP contribution >= 0.6 is 69.6 Å². The Kier molecular flexibility index (Phi) is 6.44. The van der Waals surface area contributed by atoms with Gasteiger partial charge >= 0.3 is 0 Å². The molecule has 0 amide bonds. The lowest BCUT2D eigenvalue weighted by molar-refractivity contribution is 1.33. The van der Waals surface area contributed by atoms with E-state index in [0.29, 0.717) is 0 Å². The molecule has 0 N–H and O–H groups in total. The lowest BCUT2D eigenvalue weighted by Gasteiger charge is -2.05.